The van der Waals surface area contributed by atoms with E-state index in [1.807, 2.05) is 67.6 Å². The summed E-state index contributed by atoms with van der Waals surface area (Å²) < 4.78 is 28.3. The predicted octanol–water partition coefficient (Wildman–Crippen LogP) is 5.72. The number of ketones is 1. The fourth-order valence-corrected chi connectivity index (χ4v) is 5.81. The van der Waals surface area contributed by atoms with Gasteiger partial charge in [0.2, 0.25) is 10.0 Å². The number of fused-ring (bicyclic) bond motifs is 2. The van der Waals surface area contributed by atoms with E-state index in [4.69, 9.17) is 0 Å². The van der Waals surface area contributed by atoms with Crippen LogP contribution in [-0.4, -0.2) is 18.5 Å². The largest absolute Gasteiger partial charge is 0.295 e. The molecule has 32 heavy (non-hydrogen) atoms. The molecule has 1 aliphatic heterocycles. The van der Waals surface area contributed by atoms with E-state index in [9.17, 15) is 13.2 Å². The Hall–Kier alpha value is -3.28. The molecule has 0 saturated carbocycles. The van der Waals surface area contributed by atoms with Crippen molar-refractivity contribution in [3.05, 3.63) is 101 Å². The van der Waals surface area contributed by atoms with E-state index in [-0.39, 0.29) is 5.78 Å². The van der Waals surface area contributed by atoms with Crippen LogP contribution in [0.4, 0.5) is 0 Å². The number of nitrogens with zero attached hydrogens (tertiary/aromatic N) is 1. The summed E-state index contributed by atoms with van der Waals surface area (Å²) in [6, 6.07) is 24.7. The first kappa shape index (κ1) is 20.6. The smallest absolute Gasteiger partial charge is 0.243 e. The molecule has 0 aliphatic carbocycles. The molecule has 4 nitrogen and oxygen atoms in total. The highest BCUT2D eigenvalue weighted by Crippen LogP contribution is 2.40. The van der Waals surface area contributed by atoms with Crippen LogP contribution >= 0.6 is 0 Å². The van der Waals surface area contributed by atoms with Crippen molar-refractivity contribution in [1.29, 1.82) is 0 Å². The molecule has 0 amide bonds. The summed E-state index contributed by atoms with van der Waals surface area (Å²) in [6.07, 6.45) is 0. The van der Waals surface area contributed by atoms with E-state index in [1.165, 1.54) is 0 Å². The number of hydrogen-bond acceptors (Lipinski definition) is 3. The first-order valence-electron chi connectivity index (χ1n) is 10.6. The number of carbonyl (C=O) groups excluding carboxylic acids is 1. The number of carbonyl (C=O) groups is 1. The summed E-state index contributed by atoms with van der Waals surface area (Å²) in [5.41, 5.74) is 5.69. The zero-order valence-electron chi connectivity index (χ0n) is 18.0. The maximum absolute atomic E-state index is 13.4. The zero-order chi connectivity index (χ0) is 22.5. The molecule has 0 spiro atoms. The summed E-state index contributed by atoms with van der Waals surface area (Å²) >= 11 is 0. The third-order valence-electron chi connectivity index (χ3n) is 6.15. The lowest BCUT2D eigenvalue weighted by atomic mass is 9.90. The van der Waals surface area contributed by atoms with Crippen molar-refractivity contribution in [1.82, 2.24) is 4.31 Å². The zero-order valence-corrected chi connectivity index (χ0v) is 18.8. The van der Waals surface area contributed by atoms with E-state index in [1.54, 1.807) is 23.4 Å². The van der Waals surface area contributed by atoms with Gasteiger partial charge in [0.15, 0.2) is 5.78 Å². The van der Waals surface area contributed by atoms with Crippen LogP contribution in [0.2, 0.25) is 0 Å². The lowest BCUT2D eigenvalue weighted by molar-refractivity contribution is 0.101. The van der Waals surface area contributed by atoms with E-state index in [2.05, 4.69) is 6.07 Å². The van der Waals surface area contributed by atoms with Gasteiger partial charge in [-0.3, -0.25) is 4.79 Å². The summed E-state index contributed by atoms with van der Waals surface area (Å²) in [6.45, 7) is 4.13. The van der Waals surface area contributed by atoms with Crippen LogP contribution in [0.25, 0.3) is 21.9 Å². The molecule has 0 bridgehead atoms. The minimum Gasteiger partial charge on any atom is -0.295 e. The maximum Gasteiger partial charge on any atom is 0.243 e. The number of rotatable bonds is 4. The van der Waals surface area contributed by atoms with Gasteiger partial charge in [0, 0.05) is 18.7 Å². The highest BCUT2D eigenvalue weighted by molar-refractivity contribution is 7.89. The second-order valence-electron chi connectivity index (χ2n) is 8.33. The Balaban J connectivity index is 1.69. The van der Waals surface area contributed by atoms with Gasteiger partial charge in [0.1, 0.15) is 0 Å². The molecule has 4 aromatic rings. The predicted molar refractivity (Wildman–Crippen MR) is 127 cm³/mol. The summed E-state index contributed by atoms with van der Waals surface area (Å²) in [4.78, 5) is 12.4. The average molecular weight is 442 g/mol. The normalized spacial score (nSPS) is 13.9. The molecule has 0 atom stereocenters. The van der Waals surface area contributed by atoms with Crippen LogP contribution in [0, 0.1) is 6.92 Å². The lowest BCUT2D eigenvalue weighted by Crippen LogP contribution is -2.25. The van der Waals surface area contributed by atoms with Crippen LogP contribution in [0.15, 0.2) is 83.8 Å². The standard InChI is InChI=1S/C27H23NO3S/c1-18-8-12-24(13-9-18)32(30,31)28-16-23-14-22-11-10-21(19(2)29)15-25(22)27(26(23)17-28)20-6-4-3-5-7-20/h3-15H,16-17H2,1-2H3. The van der Waals surface area contributed by atoms with Crippen molar-refractivity contribution in [2.24, 2.45) is 0 Å². The minimum atomic E-state index is -3.62. The van der Waals surface area contributed by atoms with Gasteiger partial charge in [-0.15, -0.1) is 0 Å². The van der Waals surface area contributed by atoms with Gasteiger partial charge in [-0.1, -0.05) is 60.2 Å². The van der Waals surface area contributed by atoms with Gasteiger partial charge in [0.25, 0.3) is 0 Å². The number of Topliss-reactive ketones (excluding diaryl/α,β-unsaturated/α-hetero) is 1. The Morgan fingerprint density at radius 1 is 0.875 bits per heavy atom. The highest BCUT2D eigenvalue weighted by atomic mass is 32.2. The Morgan fingerprint density at radius 3 is 2.28 bits per heavy atom. The van der Waals surface area contributed by atoms with Crippen molar-refractivity contribution in [2.75, 3.05) is 0 Å². The van der Waals surface area contributed by atoms with Crippen molar-refractivity contribution in [3.8, 4) is 11.1 Å². The molecule has 5 rings (SSSR count). The molecule has 5 heteroatoms. The molecule has 0 saturated heterocycles. The van der Waals surface area contributed by atoms with Gasteiger partial charge in [-0.25, -0.2) is 8.42 Å². The first-order valence-corrected chi connectivity index (χ1v) is 12.0. The topological polar surface area (TPSA) is 54.5 Å². The minimum absolute atomic E-state index is 0.00925. The van der Waals surface area contributed by atoms with Crippen LogP contribution in [-0.2, 0) is 23.1 Å². The fourth-order valence-electron chi connectivity index (χ4n) is 4.42. The monoisotopic (exact) mass is 441 g/mol. The molecule has 160 valence electrons. The summed E-state index contributed by atoms with van der Waals surface area (Å²) in [5.74, 6) is 0.00925. The molecule has 0 radical (unpaired) electrons. The average Bonchev–Trinajstić information content (AvgIpc) is 3.22. The maximum atomic E-state index is 13.4. The van der Waals surface area contributed by atoms with Gasteiger partial charge in [0.05, 0.1) is 4.90 Å². The van der Waals surface area contributed by atoms with Crippen LogP contribution in [0.3, 0.4) is 0 Å². The van der Waals surface area contributed by atoms with Crippen molar-refractivity contribution in [2.45, 2.75) is 31.8 Å². The Labute approximate surface area is 188 Å². The van der Waals surface area contributed by atoms with Gasteiger partial charge < -0.3 is 0 Å². The Kier molecular flexibility index (Phi) is 4.96. The van der Waals surface area contributed by atoms with Crippen molar-refractivity contribution in [3.63, 3.8) is 0 Å². The van der Waals surface area contributed by atoms with E-state index >= 15 is 0 Å². The molecule has 1 aliphatic rings. The summed E-state index contributed by atoms with van der Waals surface area (Å²) in [7, 11) is -3.62. The van der Waals surface area contributed by atoms with Gasteiger partial charge in [-0.2, -0.15) is 4.31 Å². The van der Waals surface area contributed by atoms with E-state index in [0.717, 1.165) is 38.6 Å². The fraction of sp³-hybridized carbons (Fsp3) is 0.148. The first-order chi connectivity index (χ1) is 15.3. The third kappa shape index (κ3) is 3.44. The molecule has 0 aromatic heterocycles. The number of aryl methyl sites for hydroxylation is 1. The highest BCUT2D eigenvalue weighted by Gasteiger charge is 2.33. The molecule has 4 aromatic carbocycles. The van der Waals surface area contributed by atoms with Crippen molar-refractivity contribution >= 4 is 26.6 Å². The lowest BCUT2D eigenvalue weighted by Gasteiger charge is -2.16. The quantitative estimate of drug-likeness (QED) is 0.381. The molecule has 0 unspecified atom stereocenters. The Bertz CT molecular complexity index is 1460. The molecule has 1 heterocycles. The molecular weight excluding hydrogens is 418 g/mol. The second-order valence-corrected chi connectivity index (χ2v) is 10.3. The molecule has 0 fully saturated rings. The van der Waals surface area contributed by atoms with Crippen LogP contribution in [0.1, 0.15) is 34.0 Å². The molecular formula is C27H23NO3S. The third-order valence-corrected chi connectivity index (χ3v) is 7.96. The van der Waals surface area contributed by atoms with Crippen molar-refractivity contribution < 1.29 is 13.2 Å². The van der Waals surface area contributed by atoms with Gasteiger partial charge >= 0.3 is 0 Å². The van der Waals surface area contributed by atoms with Gasteiger partial charge in [-0.05, 0) is 71.1 Å². The second kappa shape index (κ2) is 7.69. The van der Waals surface area contributed by atoms with E-state index < -0.39 is 10.0 Å². The number of sulfonamides is 1. The number of hydrogen-bond donors (Lipinski definition) is 0. The Morgan fingerprint density at radius 2 is 1.59 bits per heavy atom. The number of benzene rings is 4. The van der Waals surface area contributed by atoms with E-state index in [0.29, 0.717) is 23.5 Å². The summed E-state index contributed by atoms with van der Waals surface area (Å²) in [5, 5.41) is 1.97. The SMILES string of the molecule is CC(=O)c1ccc2cc3c(c(-c4ccccc4)c2c1)CN(S(=O)(=O)c1ccc(C)cc1)C3. The molecule has 0 N–H and O–H groups in total. The van der Waals surface area contributed by atoms with Crippen LogP contribution < -0.4 is 0 Å². The van der Waals surface area contributed by atoms with Crippen LogP contribution in [0.5, 0.6) is 0 Å².